The highest BCUT2D eigenvalue weighted by molar-refractivity contribution is 7.17. The molecule has 2 amide bonds. The van der Waals surface area contributed by atoms with Crippen molar-refractivity contribution < 1.29 is 24.6 Å². The fourth-order valence-corrected chi connectivity index (χ4v) is 3.72. The maximum atomic E-state index is 11.9. The van der Waals surface area contributed by atoms with E-state index < -0.39 is 17.8 Å². The third-order valence-corrected chi connectivity index (χ3v) is 4.79. The molecule has 0 unspecified atom stereocenters. The number of carbonyl (C=O) groups is 3. The van der Waals surface area contributed by atoms with Crippen molar-refractivity contribution in [2.75, 3.05) is 25.5 Å². The molecule has 2 rings (SSSR count). The number of carboxylic acids is 1. The Morgan fingerprint density at radius 3 is 2.64 bits per heavy atom. The molecule has 22 heavy (non-hydrogen) atoms. The molecule has 1 aliphatic carbocycles. The second-order valence-electron chi connectivity index (χ2n) is 5.11. The first-order chi connectivity index (χ1) is 10.5. The zero-order chi connectivity index (χ0) is 16.3. The van der Waals surface area contributed by atoms with Crippen molar-refractivity contribution in [3.8, 4) is 0 Å². The van der Waals surface area contributed by atoms with Crippen LogP contribution in [0, 0.1) is 0 Å². The van der Waals surface area contributed by atoms with Gasteiger partial charge in [0.05, 0.1) is 12.6 Å². The van der Waals surface area contributed by atoms with Crippen LogP contribution in [0.15, 0.2) is 0 Å². The molecule has 1 aliphatic rings. The van der Waals surface area contributed by atoms with Crippen LogP contribution < -0.4 is 10.4 Å². The van der Waals surface area contributed by atoms with Crippen LogP contribution in [0.5, 0.6) is 0 Å². The first-order valence-electron chi connectivity index (χ1n) is 6.99. The first kappa shape index (κ1) is 16.4. The predicted molar refractivity (Wildman–Crippen MR) is 78.6 cm³/mol. The molecule has 2 N–H and O–H groups in total. The number of nitrogens with zero attached hydrogens (tertiary/aromatic N) is 1. The molecule has 7 nitrogen and oxygen atoms in total. The molecule has 0 saturated carbocycles. The molecule has 8 heteroatoms. The number of aromatic carboxylic acids is 1. The number of fused-ring (bicyclic) bond motifs is 1. The Morgan fingerprint density at radius 1 is 1.32 bits per heavy atom. The van der Waals surface area contributed by atoms with Gasteiger partial charge in [-0.05, 0) is 31.2 Å². The Labute approximate surface area is 131 Å². The monoisotopic (exact) mass is 325 g/mol. The molecular weight excluding hydrogens is 308 g/mol. The smallest absolute Gasteiger partial charge is 0.314 e. The van der Waals surface area contributed by atoms with E-state index in [-0.39, 0.29) is 23.7 Å². The van der Waals surface area contributed by atoms with Gasteiger partial charge in [-0.3, -0.25) is 9.59 Å². The Hall–Kier alpha value is -1.93. The van der Waals surface area contributed by atoms with Crippen molar-refractivity contribution >= 4 is 34.1 Å². The number of carbonyl (C=O) groups excluding carboxylic acids is 3. The summed E-state index contributed by atoms with van der Waals surface area (Å²) >= 11 is 1.19. The summed E-state index contributed by atoms with van der Waals surface area (Å²) in [6.45, 7) is -0.229. The van der Waals surface area contributed by atoms with Crippen molar-refractivity contribution in [3.05, 3.63) is 16.0 Å². The molecule has 0 atom stereocenters. The number of aliphatic hydroxyl groups is 1. The van der Waals surface area contributed by atoms with E-state index in [0.717, 1.165) is 29.0 Å². The van der Waals surface area contributed by atoms with Gasteiger partial charge in [-0.1, -0.05) is 0 Å². The van der Waals surface area contributed by atoms with E-state index in [1.807, 2.05) is 0 Å². The number of rotatable bonds is 4. The van der Waals surface area contributed by atoms with E-state index in [4.69, 9.17) is 5.11 Å². The lowest BCUT2D eigenvalue weighted by molar-refractivity contribution is -0.255. The predicted octanol–water partition coefficient (Wildman–Crippen LogP) is -0.620. The number of aliphatic hydroxyl groups excluding tert-OH is 1. The molecule has 0 bridgehead atoms. The van der Waals surface area contributed by atoms with Crippen LogP contribution in [0.25, 0.3) is 0 Å². The summed E-state index contributed by atoms with van der Waals surface area (Å²) < 4.78 is 0. The second kappa shape index (κ2) is 6.89. The number of nitrogens with one attached hydrogen (secondary N) is 1. The third-order valence-electron chi connectivity index (χ3n) is 3.58. The minimum atomic E-state index is -1.34. The third kappa shape index (κ3) is 3.28. The molecule has 0 saturated heterocycles. The average molecular weight is 325 g/mol. The van der Waals surface area contributed by atoms with E-state index in [0.29, 0.717) is 12.0 Å². The highest BCUT2D eigenvalue weighted by Crippen LogP contribution is 2.37. The molecule has 0 aliphatic heterocycles. The van der Waals surface area contributed by atoms with E-state index >= 15 is 0 Å². The van der Waals surface area contributed by atoms with Gasteiger partial charge in [0.2, 0.25) is 0 Å². The zero-order valence-electron chi connectivity index (χ0n) is 12.2. The van der Waals surface area contributed by atoms with Crippen molar-refractivity contribution in [2.45, 2.75) is 25.7 Å². The Morgan fingerprint density at radius 2 is 2.00 bits per heavy atom. The number of amides is 2. The standard InChI is InChI=1S/C14H18N2O5S/c1-16(6-7-17)13(19)11(18)15-12-10(14(20)21)8-4-2-3-5-9(8)22-12/h17H,2-7H2,1H3,(H,15,18)(H,20,21)/p-1. The number of hydrogen-bond donors (Lipinski definition) is 2. The van der Waals surface area contributed by atoms with E-state index in [1.54, 1.807) is 0 Å². The molecule has 0 fully saturated rings. The topological polar surface area (TPSA) is 110 Å². The van der Waals surface area contributed by atoms with Gasteiger partial charge < -0.3 is 25.2 Å². The van der Waals surface area contributed by atoms with Gasteiger partial charge in [0.15, 0.2) is 0 Å². The molecule has 1 aromatic heterocycles. The molecule has 0 aromatic carbocycles. The minimum Gasteiger partial charge on any atom is -0.545 e. The number of hydrogen-bond acceptors (Lipinski definition) is 6. The fraction of sp³-hybridized carbons (Fsp3) is 0.500. The van der Waals surface area contributed by atoms with Crippen molar-refractivity contribution in [3.63, 3.8) is 0 Å². The molecule has 0 radical (unpaired) electrons. The van der Waals surface area contributed by atoms with Crippen LogP contribution in [0.1, 0.15) is 33.6 Å². The molecule has 120 valence electrons. The van der Waals surface area contributed by atoms with Crippen LogP contribution in [-0.4, -0.2) is 48.0 Å². The Kier molecular flexibility index (Phi) is 5.15. The lowest BCUT2D eigenvalue weighted by Gasteiger charge is -2.15. The van der Waals surface area contributed by atoms with Gasteiger partial charge in [0.1, 0.15) is 5.00 Å². The average Bonchev–Trinajstić information content (AvgIpc) is 2.84. The van der Waals surface area contributed by atoms with Crippen LogP contribution >= 0.6 is 11.3 Å². The highest BCUT2D eigenvalue weighted by Gasteiger charge is 2.25. The van der Waals surface area contributed by atoms with E-state index in [1.165, 1.54) is 18.4 Å². The maximum Gasteiger partial charge on any atom is 0.314 e. The van der Waals surface area contributed by atoms with Gasteiger partial charge in [0, 0.05) is 24.0 Å². The summed E-state index contributed by atoms with van der Waals surface area (Å²) in [7, 11) is 1.39. The zero-order valence-corrected chi connectivity index (χ0v) is 13.0. The molecule has 0 spiro atoms. The van der Waals surface area contributed by atoms with Crippen LogP contribution in [0.2, 0.25) is 0 Å². The van der Waals surface area contributed by atoms with Crippen molar-refractivity contribution in [1.82, 2.24) is 4.90 Å². The largest absolute Gasteiger partial charge is 0.545 e. The molecule has 1 heterocycles. The normalized spacial score (nSPS) is 13.4. The Bertz CT molecular complexity index is 611. The SMILES string of the molecule is CN(CCO)C(=O)C(=O)Nc1sc2c(c1C(=O)[O-])CCCC2. The Balaban J connectivity index is 2.22. The number of anilines is 1. The van der Waals surface area contributed by atoms with Gasteiger partial charge >= 0.3 is 11.8 Å². The minimum absolute atomic E-state index is 0.00865. The summed E-state index contributed by atoms with van der Waals surface area (Å²) in [4.78, 5) is 37.1. The second-order valence-corrected chi connectivity index (χ2v) is 6.21. The van der Waals surface area contributed by atoms with E-state index in [9.17, 15) is 19.5 Å². The highest BCUT2D eigenvalue weighted by atomic mass is 32.1. The summed E-state index contributed by atoms with van der Waals surface area (Å²) in [5, 5.41) is 22.7. The van der Waals surface area contributed by atoms with Gasteiger partial charge in [0.25, 0.3) is 0 Å². The van der Waals surface area contributed by atoms with Crippen LogP contribution in [-0.2, 0) is 22.4 Å². The van der Waals surface area contributed by atoms with Crippen molar-refractivity contribution in [2.24, 2.45) is 0 Å². The number of aryl methyl sites for hydroxylation is 1. The summed E-state index contributed by atoms with van der Waals surface area (Å²) in [5.41, 5.74) is 0.702. The van der Waals surface area contributed by atoms with Gasteiger partial charge in [-0.25, -0.2) is 0 Å². The maximum absolute atomic E-state index is 11.9. The van der Waals surface area contributed by atoms with E-state index in [2.05, 4.69) is 5.32 Å². The lowest BCUT2D eigenvalue weighted by Crippen LogP contribution is -2.38. The number of carboxylic acid groups (broad SMARTS) is 1. The molecule has 1 aromatic rings. The number of thiophene rings is 1. The fourth-order valence-electron chi connectivity index (χ4n) is 2.45. The van der Waals surface area contributed by atoms with Gasteiger partial charge in [-0.2, -0.15) is 0 Å². The number of likely N-dealkylation sites (N-methyl/N-ethyl adjacent to an activating group) is 1. The summed E-state index contributed by atoms with van der Waals surface area (Å²) in [6.07, 6.45) is 3.29. The summed E-state index contributed by atoms with van der Waals surface area (Å²) in [5.74, 6) is -3.09. The van der Waals surface area contributed by atoms with Crippen molar-refractivity contribution in [1.29, 1.82) is 0 Å². The van der Waals surface area contributed by atoms with Gasteiger partial charge in [-0.15, -0.1) is 11.3 Å². The summed E-state index contributed by atoms with van der Waals surface area (Å²) in [6, 6.07) is 0. The quantitative estimate of drug-likeness (QED) is 0.717. The lowest BCUT2D eigenvalue weighted by atomic mass is 9.95. The molecular formula is C14H17N2O5S-. The van der Waals surface area contributed by atoms with Crippen LogP contribution in [0.4, 0.5) is 5.00 Å². The van der Waals surface area contributed by atoms with Crippen LogP contribution in [0.3, 0.4) is 0 Å². The first-order valence-corrected chi connectivity index (χ1v) is 7.80.